The molecule has 0 radical (unpaired) electrons. The summed E-state index contributed by atoms with van der Waals surface area (Å²) in [5.74, 6) is 1.75. The second-order valence-electron chi connectivity index (χ2n) is 6.46. The van der Waals surface area contributed by atoms with E-state index in [0.29, 0.717) is 19.8 Å². The van der Waals surface area contributed by atoms with Gasteiger partial charge in [0.1, 0.15) is 11.5 Å². The monoisotopic (exact) mass is 357 g/mol. The molecular weight excluding hydrogens is 330 g/mol. The standard InChI is InChI=1S/C20H27N3O3/c1-3-16-6-4-5-7-17(16)22-20(24)21-14-18(19-9-8-15(2)26-19)23-10-12-25-13-11-23/h4-9,18H,3,10-14H2,1-2H3,(H2,21,22,24). The van der Waals surface area contributed by atoms with Crippen molar-refractivity contribution in [1.29, 1.82) is 0 Å². The normalized spacial score (nSPS) is 16.2. The fourth-order valence-electron chi connectivity index (χ4n) is 3.24. The number of ether oxygens (including phenoxy) is 1. The van der Waals surface area contributed by atoms with Crippen molar-refractivity contribution in [2.45, 2.75) is 26.3 Å². The van der Waals surface area contributed by atoms with E-state index in [-0.39, 0.29) is 12.1 Å². The molecule has 1 atom stereocenters. The average molecular weight is 357 g/mol. The van der Waals surface area contributed by atoms with Crippen LogP contribution in [-0.4, -0.2) is 43.8 Å². The van der Waals surface area contributed by atoms with Crippen molar-refractivity contribution in [2.24, 2.45) is 0 Å². The zero-order valence-electron chi connectivity index (χ0n) is 15.5. The molecule has 2 N–H and O–H groups in total. The lowest BCUT2D eigenvalue weighted by atomic mass is 10.1. The van der Waals surface area contributed by atoms with Gasteiger partial charge >= 0.3 is 6.03 Å². The van der Waals surface area contributed by atoms with Crippen molar-refractivity contribution in [2.75, 3.05) is 38.2 Å². The number of urea groups is 1. The molecule has 2 heterocycles. The second kappa shape index (κ2) is 8.87. The maximum absolute atomic E-state index is 12.4. The number of hydrogen-bond acceptors (Lipinski definition) is 4. The van der Waals surface area contributed by atoms with Crippen LogP contribution in [0.2, 0.25) is 0 Å². The second-order valence-corrected chi connectivity index (χ2v) is 6.46. The maximum atomic E-state index is 12.4. The molecule has 0 bridgehead atoms. The van der Waals surface area contributed by atoms with E-state index < -0.39 is 0 Å². The molecule has 1 aliphatic heterocycles. The zero-order chi connectivity index (χ0) is 18.4. The molecular formula is C20H27N3O3. The first kappa shape index (κ1) is 18.5. The number of carbonyl (C=O) groups is 1. The van der Waals surface area contributed by atoms with Gasteiger partial charge in [-0.05, 0) is 37.1 Å². The maximum Gasteiger partial charge on any atom is 0.319 e. The van der Waals surface area contributed by atoms with Crippen LogP contribution in [-0.2, 0) is 11.2 Å². The molecule has 3 rings (SSSR count). The smallest absolute Gasteiger partial charge is 0.319 e. The number of nitrogens with zero attached hydrogens (tertiary/aromatic N) is 1. The van der Waals surface area contributed by atoms with Gasteiger partial charge in [-0.2, -0.15) is 0 Å². The molecule has 1 aliphatic rings. The Morgan fingerprint density at radius 2 is 1.96 bits per heavy atom. The van der Waals surface area contributed by atoms with Crippen molar-refractivity contribution in [3.05, 3.63) is 53.5 Å². The van der Waals surface area contributed by atoms with Gasteiger partial charge in [-0.25, -0.2) is 4.79 Å². The molecule has 1 unspecified atom stereocenters. The predicted molar refractivity (Wildman–Crippen MR) is 101 cm³/mol. The highest BCUT2D eigenvalue weighted by atomic mass is 16.5. The van der Waals surface area contributed by atoms with Crippen LogP contribution >= 0.6 is 0 Å². The lowest BCUT2D eigenvalue weighted by Crippen LogP contribution is -2.44. The minimum atomic E-state index is -0.201. The van der Waals surface area contributed by atoms with E-state index in [1.807, 2.05) is 43.3 Å². The molecule has 2 aromatic rings. The number of furan rings is 1. The minimum absolute atomic E-state index is 0.000214. The third-order valence-corrected chi connectivity index (χ3v) is 4.68. The number of morpholine rings is 1. The minimum Gasteiger partial charge on any atom is -0.465 e. The summed E-state index contributed by atoms with van der Waals surface area (Å²) in [6.07, 6.45) is 0.874. The summed E-state index contributed by atoms with van der Waals surface area (Å²) in [6.45, 7) is 7.54. The van der Waals surface area contributed by atoms with Crippen molar-refractivity contribution in [3.8, 4) is 0 Å². The van der Waals surface area contributed by atoms with Crippen LogP contribution in [0.4, 0.5) is 10.5 Å². The number of aryl methyl sites for hydroxylation is 2. The summed E-state index contributed by atoms with van der Waals surface area (Å²) in [5, 5.41) is 5.95. The summed E-state index contributed by atoms with van der Waals surface area (Å²) < 4.78 is 11.3. The Labute approximate surface area is 154 Å². The number of para-hydroxylation sites is 1. The highest BCUT2D eigenvalue weighted by molar-refractivity contribution is 5.90. The van der Waals surface area contributed by atoms with Gasteiger partial charge in [-0.1, -0.05) is 25.1 Å². The van der Waals surface area contributed by atoms with Gasteiger partial charge in [-0.3, -0.25) is 4.90 Å². The average Bonchev–Trinajstić information content (AvgIpc) is 3.09. The Balaban J connectivity index is 1.64. The first-order valence-corrected chi connectivity index (χ1v) is 9.18. The Morgan fingerprint density at radius 3 is 2.65 bits per heavy atom. The summed E-state index contributed by atoms with van der Waals surface area (Å²) in [6, 6.07) is 11.6. The van der Waals surface area contributed by atoms with Crippen LogP contribution in [0.25, 0.3) is 0 Å². The van der Waals surface area contributed by atoms with Crippen molar-refractivity contribution in [1.82, 2.24) is 10.2 Å². The quantitative estimate of drug-likeness (QED) is 0.832. The topological polar surface area (TPSA) is 66.7 Å². The number of hydrogen-bond donors (Lipinski definition) is 2. The van der Waals surface area contributed by atoms with Crippen molar-refractivity contribution >= 4 is 11.7 Å². The molecule has 0 spiro atoms. The number of benzene rings is 1. The number of nitrogens with one attached hydrogen (secondary N) is 2. The first-order valence-electron chi connectivity index (χ1n) is 9.18. The van der Waals surface area contributed by atoms with Gasteiger partial charge in [0.2, 0.25) is 0 Å². The highest BCUT2D eigenvalue weighted by Gasteiger charge is 2.25. The SMILES string of the molecule is CCc1ccccc1NC(=O)NCC(c1ccc(C)o1)N1CCOCC1. The summed E-state index contributed by atoms with van der Waals surface area (Å²) >= 11 is 0. The van der Waals surface area contributed by atoms with Gasteiger partial charge < -0.3 is 19.8 Å². The molecule has 140 valence electrons. The fraction of sp³-hybridized carbons (Fsp3) is 0.450. The molecule has 6 heteroatoms. The van der Waals surface area contributed by atoms with Crippen LogP contribution in [0.15, 0.2) is 40.8 Å². The van der Waals surface area contributed by atoms with Crippen LogP contribution in [0, 0.1) is 6.92 Å². The number of anilines is 1. The molecule has 1 saturated heterocycles. The number of carbonyl (C=O) groups excluding carboxylic acids is 1. The Morgan fingerprint density at radius 1 is 1.19 bits per heavy atom. The summed E-state index contributed by atoms with van der Waals surface area (Å²) in [4.78, 5) is 14.7. The Bertz CT molecular complexity index is 723. The largest absolute Gasteiger partial charge is 0.465 e. The van der Waals surface area contributed by atoms with E-state index >= 15 is 0 Å². The lowest BCUT2D eigenvalue weighted by molar-refractivity contribution is 0.0122. The molecule has 0 aliphatic carbocycles. The molecule has 26 heavy (non-hydrogen) atoms. The molecule has 1 fully saturated rings. The van der Waals surface area contributed by atoms with E-state index in [9.17, 15) is 4.79 Å². The van der Waals surface area contributed by atoms with E-state index in [0.717, 1.165) is 42.3 Å². The molecule has 6 nitrogen and oxygen atoms in total. The van der Waals surface area contributed by atoms with Crippen LogP contribution < -0.4 is 10.6 Å². The fourth-order valence-corrected chi connectivity index (χ4v) is 3.24. The third-order valence-electron chi connectivity index (χ3n) is 4.68. The Hall–Kier alpha value is -2.31. The summed E-state index contributed by atoms with van der Waals surface area (Å²) in [5.41, 5.74) is 1.97. The summed E-state index contributed by atoms with van der Waals surface area (Å²) in [7, 11) is 0. The first-order chi connectivity index (χ1) is 12.7. The highest BCUT2D eigenvalue weighted by Crippen LogP contribution is 2.23. The Kier molecular flexibility index (Phi) is 6.30. The molecule has 1 aromatic heterocycles. The molecule has 0 saturated carbocycles. The van der Waals surface area contributed by atoms with E-state index in [4.69, 9.17) is 9.15 Å². The van der Waals surface area contributed by atoms with Gasteiger partial charge in [-0.15, -0.1) is 0 Å². The van der Waals surface area contributed by atoms with Gasteiger partial charge in [0, 0.05) is 25.3 Å². The van der Waals surface area contributed by atoms with Crippen LogP contribution in [0.5, 0.6) is 0 Å². The van der Waals surface area contributed by atoms with Gasteiger partial charge in [0.05, 0.1) is 19.3 Å². The molecule has 2 amide bonds. The van der Waals surface area contributed by atoms with E-state index in [2.05, 4.69) is 22.5 Å². The van der Waals surface area contributed by atoms with E-state index in [1.165, 1.54) is 0 Å². The number of amides is 2. The van der Waals surface area contributed by atoms with Gasteiger partial charge in [0.15, 0.2) is 0 Å². The van der Waals surface area contributed by atoms with Crippen molar-refractivity contribution in [3.63, 3.8) is 0 Å². The third kappa shape index (κ3) is 4.65. The zero-order valence-corrected chi connectivity index (χ0v) is 15.5. The number of rotatable bonds is 6. The van der Waals surface area contributed by atoms with Crippen LogP contribution in [0.3, 0.4) is 0 Å². The van der Waals surface area contributed by atoms with Gasteiger partial charge in [0.25, 0.3) is 0 Å². The van der Waals surface area contributed by atoms with Crippen molar-refractivity contribution < 1.29 is 13.9 Å². The van der Waals surface area contributed by atoms with Crippen LogP contribution in [0.1, 0.15) is 30.0 Å². The predicted octanol–water partition coefficient (Wildman–Crippen LogP) is 3.35. The van der Waals surface area contributed by atoms with E-state index in [1.54, 1.807) is 0 Å². The molecule has 1 aromatic carbocycles. The lowest BCUT2D eigenvalue weighted by Gasteiger charge is -2.33.